The summed E-state index contributed by atoms with van der Waals surface area (Å²) in [7, 11) is 0. The summed E-state index contributed by atoms with van der Waals surface area (Å²) in [5.41, 5.74) is 0. The maximum atomic E-state index is 11.4. The van der Waals surface area contributed by atoms with Crippen LogP contribution in [0.15, 0.2) is 22.8 Å². The van der Waals surface area contributed by atoms with Crippen molar-refractivity contribution in [2.75, 3.05) is 25.2 Å². The third-order valence-electron chi connectivity index (χ3n) is 1.91. The number of amides is 1. The van der Waals surface area contributed by atoms with Gasteiger partial charge in [0.05, 0.1) is 12.7 Å². The van der Waals surface area contributed by atoms with Crippen molar-refractivity contribution < 1.29 is 18.7 Å². The Morgan fingerprint density at radius 2 is 2.35 bits per heavy atom. The SMILES string of the molecule is CSCCOC(=O)CCNC(=O)c1ccco1. The van der Waals surface area contributed by atoms with Gasteiger partial charge >= 0.3 is 5.97 Å². The summed E-state index contributed by atoms with van der Waals surface area (Å²) in [4.78, 5) is 22.6. The van der Waals surface area contributed by atoms with Gasteiger partial charge < -0.3 is 14.5 Å². The standard InChI is InChI=1S/C11H15NO4S/c1-17-8-7-16-10(13)4-5-12-11(14)9-3-2-6-15-9/h2-3,6H,4-5,7-8H2,1H3,(H,12,14). The lowest BCUT2D eigenvalue weighted by Crippen LogP contribution is -2.26. The maximum absolute atomic E-state index is 11.4. The number of hydrogen-bond acceptors (Lipinski definition) is 5. The molecule has 0 saturated heterocycles. The lowest BCUT2D eigenvalue weighted by atomic mass is 10.4. The molecule has 94 valence electrons. The average molecular weight is 257 g/mol. The third-order valence-corrected chi connectivity index (χ3v) is 2.49. The van der Waals surface area contributed by atoms with Gasteiger partial charge in [-0.05, 0) is 18.4 Å². The zero-order valence-corrected chi connectivity index (χ0v) is 10.4. The summed E-state index contributed by atoms with van der Waals surface area (Å²) in [6.45, 7) is 0.657. The first-order valence-electron chi connectivity index (χ1n) is 5.20. The number of furan rings is 1. The number of hydrogen-bond donors (Lipinski definition) is 1. The highest BCUT2D eigenvalue weighted by molar-refractivity contribution is 7.98. The van der Waals surface area contributed by atoms with Crippen LogP contribution in [0, 0.1) is 0 Å². The van der Waals surface area contributed by atoms with Crippen LogP contribution in [0.25, 0.3) is 0 Å². The molecule has 1 amide bonds. The van der Waals surface area contributed by atoms with Gasteiger partial charge in [0.25, 0.3) is 5.91 Å². The van der Waals surface area contributed by atoms with Crippen LogP contribution in [0.4, 0.5) is 0 Å². The minimum Gasteiger partial charge on any atom is -0.465 e. The lowest BCUT2D eigenvalue weighted by Gasteiger charge is -2.04. The van der Waals surface area contributed by atoms with Crippen LogP contribution < -0.4 is 5.32 Å². The number of rotatable bonds is 7. The molecule has 0 saturated carbocycles. The quantitative estimate of drug-likeness (QED) is 0.589. The van der Waals surface area contributed by atoms with Gasteiger partial charge in [-0.25, -0.2) is 0 Å². The topological polar surface area (TPSA) is 68.5 Å². The van der Waals surface area contributed by atoms with Crippen LogP contribution in [0.3, 0.4) is 0 Å². The summed E-state index contributed by atoms with van der Waals surface area (Å²) in [5, 5.41) is 2.57. The molecule has 0 atom stereocenters. The highest BCUT2D eigenvalue weighted by atomic mass is 32.2. The number of carbonyl (C=O) groups excluding carboxylic acids is 2. The minimum atomic E-state index is -0.327. The number of thioether (sulfide) groups is 1. The molecule has 0 bridgehead atoms. The Balaban J connectivity index is 2.11. The molecule has 1 aromatic rings. The van der Waals surface area contributed by atoms with Gasteiger partial charge in [-0.15, -0.1) is 0 Å². The zero-order chi connectivity index (χ0) is 12.5. The third kappa shape index (κ3) is 5.44. The molecular formula is C11H15NO4S. The van der Waals surface area contributed by atoms with Crippen molar-refractivity contribution in [3.05, 3.63) is 24.2 Å². The van der Waals surface area contributed by atoms with Crippen LogP contribution in [-0.2, 0) is 9.53 Å². The summed E-state index contributed by atoms with van der Waals surface area (Å²) in [5.74, 6) is 0.385. The predicted molar refractivity (Wildman–Crippen MR) is 65.0 cm³/mol. The van der Waals surface area contributed by atoms with Gasteiger partial charge in [0.2, 0.25) is 0 Å². The fourth-order valence-electron chi connectivity index (χ4n) is 1.08. The second-order valence-electron chi connectivity index (χ2n) is 3.20. The Bertz CT molecular complexity index is 350. The molecule has 0 spiro atoms. The summed E-state index contributed by atoms with van der Waals surface area (Å²) in [6, 6.07) is 3.19. The summed E-state index contributed by atoms with van der Waals surface area (Å²) < 4.78 is 9.82. The van der Waals surface area contributed by atoms with Crippen LogP contribution in [0.2, 0.25) is 0 Å². The number of nitrogens with one attached hydrogen (secondary N) is 1. The smallest absolute Gasteiger partial charge is 0.307 e. The van der Waals surface area contributed by atoms with Crippen molar-refractivity contribution in [3.8, 4) is 0 Å². The second kappa shape index (κ2) is 7.78. The minimum absolute atomic E-state index is 0.167. The van der Waals surface area contributed by atoms with Crippen LogP contribution in [0.1, 0.15) is 17.0 Å². The van der Waals surface area contributed by atoms with Crippen molar-refractivity contribution in [1.29, 1.82) is 0 Å². The molecule has 1 rings (SSSR count). The number of carbonyl (C=O) groups is 2. The molecule has 0 fully saturated rings. The first kappa shape index (κ1) is 13.6. The predicted octanol–water partition coefficient (Wildman–Crippen LogP) is 1.31. The normalized spacial score (nSPS) is 9.94. The van der Waals surface area contributed by atoms with E-state index in [0.717, 1.165) is 5.75 Å². The van der Waals surface area contributed by atoms with Gasteiger partial charge in [0.15, 0.2) is 5.76 Å². The van der Waals surface area contributed by atoms with Crippen LogP contribution in [-0.4, -0.2) is 37.0 Å². The first-order valence-corrected chi connectivity index (χ1v) is 6.59. The maximum Gasteiger partial charge on any atom is 0.307 e. The van der Waals surface area contributed by atoms with E-state index in [1.54, 1.807) is 23.9 Å². The fourth-order valence-corrected chi connectivity index (χ4v) is 1.33. The van der Waals surface area contributed by atoms with Gasteiger partial charge in [0, 0.05) is 12.3 Å². The monoisotopic (exact) mass is 257 g/mol. The summed E-state index contributed by atoms with van der Waals surface area (Å²) in [6.07, 6.45) is 3.53. The molecule has 6 heteroatoms. The molecule has 0 aliphatic carbocycles. The van der Waals surface area contributed by atoms with Crippen LogP contribution in [0.5, 0.6) is 0 Å². The van der Waals surface area contributed by atoms with Gasteiger partial charge in [-0.2, -0.15) is 11.8 Å². The number of esters is 1. The lowest BCUT2D eigenvalue weighted by molar-refractivity contribution is -0.142. The molecular weight excluding hydrogens is 242 g/mol. The highest BCUT2D eigenvalue weighted by Crippen LogP contribution is 1.99. The Morgan fingerprint density at radius 1 is 1.53 bits per heavy atom. The Morgan fingerprint density at radius 3 is 3.00 bits per heavy atom. The van der Waals surface area contributed by atoms with E-state index in [1.807, 2.05) is 6.26 Å². The first-order chi connectivity index (χ1) is 8.24. The molecule has 1 N–H and O–H groups in total. The molecule has 0 radical (unpaired) electrons. The Kier molecular flexibility index (Phi) is 6.24. The fraction of sp³-hybridized carbons (Fsp3) is 0.455. The van der Waals surface area contributed by atoms with Crippen molar-refractivity contribution >= 4 is 23.6 Å². The molecule has 0 unspecified atom stereocenters. The van der Waals surface area contributed by atoms with Crippen molar-refractivity contribution in [1.82, 2.24) is 5.32 Å². The second-order valence-corrected chi connectivity index (χ2v) is 4.18. The molecule has 0 aliphatic rings. The Hall–Kier alpha value is -1.43. The van der Waals surface area contributed by atoms with Gasteiger partial charge in [-0.1, -0.05) is 0 Å². The summed E-state index contributed by atoms with van der Waals surface area (Å²) >= 11 is 1.61. The van der Waals surface area contributed by atoms with Crippen molar-refractivity contribution in [3.63, 3.8) is 0 Å². The molecule has 0 aromatic carbocycles. The molecule has 17 heavy (non-hydrogen) atoms. The van der Waals surface area contributed by atoms with Crippen LogP contribution >= 0.6 is 11.8 Å². The zero-order valence-electron chi connectivity index (χ0n) is 9.60. The van der Waals surface area contributed by atoms with E-state index in [-0.39, 0.29) is 30.6 Å². The molecule has 0 aliphatic heterocycles. The Labute approximate surface area is 104 Å². The van der Waals surface area contributed by atoms with Gasteiger partial charge in [0.1, 0.15) is 6.61 Å². The van der Waals surface area contributed by atoms with E-state index < -0.39 is 0 Å². The van der Waals surface area contributed by atoms with E-state index >= 15 is 0 Å². The average Bonchev–Trinajstić information content (AvgIpc) is 2.82. The van der Waals surface area contributed by atoms with E-state index in [9.17, 15) is 9.59 Å². The van der Waals surface area contributed by atoms with Crippen molar-refractivity contribution in [2.24, 2.45) is 0 Å². The molecule has 5 nitrogen and oxygen atoms in total. The highest BCUT2D eigenvalue weighted by Gasteiger charge is 2.08. The van der Waals surface area contributed by atoms with E-state index in [1.165, 1.54) is 6.26 Å². The van der Waals surface area contributed by atoms with E-state index in [4.69, 9.17) is 9.15 Å². The van der Waals surface area contributed by atoms with E-state index in [0.29, 0.717) is 6.61 Å². The van der Waals surface area contributed by atoms with Crippen molar-refractivity contribution in [2.45, 2.75) is 6.42 Å². The number of ether oxygens (including phenoxy) is 1. The van der Waals surface area contributed by atoms with Gasteiger partial charge in [-0.3, -0.25) is 9.59 Å². The largest absolute Gasteiger partial charge is 0.465 e. The molecule has 1 heterocycles. The molecule has 1 aromatic heterocycles. The van der Waals surface area contributed by atoms with E-state index in [2.05, 4.69) is 5.32 Å².